The molecule has 0 aromatic heterocycles. The first-order valence-electron chi connectivity index (χ1n) is 6.64. The van der Waals surface area contributed by atoms with Crippen LogP contribution in [0.3, 0.4) is 0 Å². The van der Waals surface area contributed by atoms with Crippen LogP contribution in [0.5, 0.6) is 5.75 Å². The van der Waals surface area contributed by atoms with E-state index in [4.69, 9.17) is 9.47 Å². The highest BCUT2D eigenvalue weighted by atomic mass is 19.1. The summed E-state index contributed by atoms with van der Waals surface area (Å²) in [5.41, 5.74) is 0.892. The summed E-state index contributed by atoms with van der Waals surface area (Å²) in [5.74, 6) is 0.514. The van der Waals surface area contributed by atoms with E-state index >= 15 is 0 Å². The molecule has 1 heterocycles. The largest absolute Gasteiger partial charge is 0.496 e. The highest BCUT2D eigenvalue weighted by molar-refractivity contribution is 5.34. The number of hydrogen-bond donors (Lipinski definition) is 2. The number of rotatable bonds is 6. The molecule has 0 bridgehead atoms. The van der Waals surface area contributed by atoms with E-state index in [-0.39, 0.29) is 5.82 Å². The zero-order valence-electron chi connectivity index (χ0n) is 11.2. The fourth-order valence-corrected chi connectivity index (χ4v) is 2.19. The van der Waals surface area contributed by atoms with Crippen molar-refractivity contribution in [3.8, 4) is 5.75 Å². The fourth-order valence-electron chi connectivity index (χ4n) is 2.19. The topological polar surface area (TPSA) is 42.5 Å². The molecule has 19 heavy (non-hydrogen) atoms. The molecule has 1 aromatic rings. The highest BCUT2D eigenvalue weighted by Gasteiger charge is 2.12. The number of halogens is 1. The van der Waals surface area contributed by atoms with Crippen molar-refractivity contribution >= 4 is 0 Å². The van der Waals surface area contributed by atoms with Crippen LogP contribution in [0, 0.1) is 5.82 Å². The molecule has 1 saturated heterocycles. The van der Waals surface area contributed by atoms with E-state index in [1.807, 2.05) is 0 Å². The Kier molecular flexibility index (Phi) is 5.57. The second kappa shape index (κ2) is 7.43. The first-order valence-corrected chi connectivity index (χ1v) is 6.64. The summed E-state index contributed by atoms with van der Waals surface area (Å²) >= 11 is 0. The summed E-state index contributed by atoms with van der Waals surface area (Å²) < 4.78 is 23.8. The van der Waals surface area contributed by atoms with Crippen LogP contribution in [0.15, 0.2) is 18.2 Å². The maximum absolute atomic E-state index is 13.2. The number of nitrogens with one attached hydrogen (secondary N) is 2. The molecule has 0 radical (unpaired) electrons. The van der Waals surface area contributed by atoms with Gasteiger partial charge in [-0.1, -0.05) is 0 Å². The average Bonchev–Trinajstić information content (AvgIpc) is 2.45. The van der Waals surface area contributed by atoms with Crippen LogP contribution in [0.4, 0.5) is 4.39 Å². The van der Waals surface area contributed by atoms with Gasteiger partial charge in [0.05, 0.1) is 20.3 Å². The predicted molar refractivity (Wildman–Crippen MR) is 72.1 cm³/mol. The lowest BCUT2D eigenvalue weighted by Gasteiger charge is -2.24. The quantitative estimate of drug-likeness (QED) is 0.754. The Morgan fingerprint density at radius 3 is 3.16 bits per heavy atom. The summed E-state index contributed by atoms with van der Waals surface area (Å²) in [7, 11) is 1.60. The summed E-state index contributed by atoms with van der Waals surface area (Å²) in [5, 5.41) is 6.73. The summed E-state index contributed by atoms with van der Waals surface area (Å²) in [6.45, 7) is 4.09. The molecule has 1 aliphatic rings. The summed E-state index contributed by atoms with van der Waals surface area (Å²) in [4.78, 5) is 0. The molecule has 0 aliphatic carbocycles. The molecule has 2 N–H and O–H groups in total. The lowest BCUT2D eigenvalue weighted by atomic mass is 10.1. The Hall–Kier alpha value is -1.17. The third-order valence-electron chi connectivity index (χ3n) is 3.20. The Balaban J connectivity index is 1.74. The molecule has 1 fully saturated rings. The summed E-state index contributed by atoms with van der Waals surface area (Å²) in [6, 6.07) is 4.98. The lowest BCUT2D eigenvalue weighted by Crippen LogP contribution is -2.47. The van der Waals surface area contributed by atoms with Gasteiger partial charge in [0.15, 0.2) is 0 Å². The average molecular weight is 268 g/mol. The van der Waals surface area contributed by atoms with E-state index in [1.54, 1.807) is 13.2 Å². The SMILES string of the molecule is COc1ccc(F)cc1CCNCC1COCCN1. The summed E-state index contributed by atoms with van der Waals surface area (Å²) in [6.07, 6.45) is 0.745. The van der Waals surface area contributed by atoms with Crippen molar-refractivity contribution in [3.05, 3.63) is 29.6 Å². The molecular weight excluding hydrogens is 247 g/mol. The molecule has 106 valence electrons. The number of hydrogen-bond acceptors (Lipinski definition) is 4. The minimum Gasteiger partial charge on any atom is -0.496 e. The third-order valence-corrected chi connectivity index (χ3v) is 3.20. The van der Waals surface area contributed by atoms with Crippen LogP contribution in [0.1, 0.15) is 5.56 Å². The van der Waals surface area contributed by atoms with Gasteiger partial charge in [0.1, 0.15) is 11.6 Å². The van der Waals surface area contributed by atoms with E-state index in [2.05, 4.69) is 10.6 Å². The zero-order valence-corrected chi connectivity index (χ0v) is 11.2. The first-order chi connectivity index (χ1) is 9.29. The predicted octanol–water partition coefficient (Wildman–Crippen LogP) is 0.955. The standard InChI is InChI=1S/C14H21FN2O2/c1-18-14-3-2-12(15)8-11(14)4-5-16-9-13-10-19-7-6-17-13/h2-3,8,13,16-17H,4-7,9-10H2,1H3. The third kappa shape index (κ3) is 4.45. The van der Waals surface area contributed by atoms with Crippen LogP contribution in [-0.4, -0.2) is 46.0 Å². The Bertz CT molecular complexity index is 395. The highest BCUT2D eigenvalue weighted by Crippen LogP contribution is 2.19. The second-order valence-corrected chi connectivity index (χ2v) is 4.64. The van der Waals surface area contributed by atoms with Gasteiger partial charge in [0.25, 0.3) is 0 Å². The van der Waals surface area contributed by atoms with E-state index in [0.29, 0.717) is 6.04 Å². The number of benzene rings is 1. The van der Waals surface area contributed by atoms with Crippen LogP contribution < -0.4 is 15.4 Å². The van der Waals surface area contributed by atoms with Gasteiger partial charge in [-0.15, -0.1) is 0 Å². The molecule has 0 amide bonds. The minimum absolute atomic E-state index is 0.224. The zero-order chi connectivity index (χ0) is 13.5. The molecule has 1 atom stereocenters. The van der Waals surface area contributed by atoms with Crippen molar-refractivity contribution in [3.63, 3.8) is 0 Å². The smallest absolute Gasteiger partial charge is 0.123 e. The first kappa shape index (κ1) is 14.2. The molecule has 1 aromatic carbocycles. The molecule has 5 heteroatoms. The van der Waals surface area contributed by atoms with E-state index < -0.39 is 0 Å². The maximum atomic E-state index is 13.2. The maximum Gasteiger partial charge on any atom is 0.123 e. The molecule has 1 unspecified atom stereocenters. The van der Waals surface area contributed by atoms with Crippen LogP contribution >= 0.6 is 0 Å². The fraction of sp³-hybridized carbons (Fsp3) is 0.571. The molecule has 1 aliphatic heterocycles. The lowest BCUT2D eigenvalue weighted by molar-refractivity contribution is 0.0768. The number of methoxy groups -OCH3 is 1. The van der Waals surface area contributed by atoms with Crippen molar-refractivity contribution in [1.82, 2.24) is 10.6 Å². The molecule has 0 saturated carbocycles. The molecule has 0 spiro atoms. The number of ether oxygens (including phenoxy) is 2. The van der Waals surface area contributed by atoms with Gasteiger partial charge in [-0.05, 0) is 36.7 Å². The van der Waals surface area contributed by atoms with E-state index in [1.165, 1.54) is 12.1 Å². The van der Waals surface area contributed by atoms with Crippen LogP contribution in [-0.2, 0) is 11.2 Å². The van der Waals surface area contributed by atoms with Gasteiger partial charge in [0, 0.05) is 19.1 Å². The van der Waals surface area contributed by atoms with Crippen molar-refractivity contribution in [2.24, 2.45) is 0 Å². The van der Waals surface area contributed by atoms with Crippen molar-refractivity contribution in [1.29, 1.82) is 0 Å². The van der Waals surface area contributed by atoms with E-state index in [9.17, 15) is 4.39 Å². The monoisotopic (exact) mass is 268 g/mol. The van der Waals surface area contributed by atoms with Gasteiger partial charge in [-0.25, -0.2) is 4.39 Å². The van der Waals surface area contributed by atoms with Crippen molar-refractivity contribution in [2.75, 3.05) is 40.0 Å². The number of morpholine rings is 1. The van der Waals surface area contributed by atoms with Crippen molar-refractivity contribution < 1.29 is 13.9 Å². The van der Waals surface area contributed by atoms with Gasteiger partial charge in [-0.3, -0.25) is 0 Å². The van der Waals surface area contributed by atoms with Gasteiger partial charge >= 0.3 is 0 Å². The molecule has 4 nitrogen and oxygen atoms in total. The van der Waals surface area contributed by atoms with Gasteiger partial charge in [0.2, 0.25) is 0 Å². The molecular formula is C14H21FN2O2. The van der Waals surface area contributed by atoms with Crippen LogP contribution in [0.2, 0.25) is 0 Å². The van der Waals surface area contributed by atoms with E-state index in [0.717, 1.165) is 50.6 Å². The Morgan fingerprint density at radius 2 is 2.42 bits per heavy atom. The van der Waals surface area contributed by atoms with Gasteiger partial charge in [-0.2, -0.15) is 0 Å². The minimum atomic E-state index is -0.224. The Labute approximate surface area is 113 Å². The second-order valence-electron chi connectivity index (χ2n) is 4.64. The van der Waals surface area contributed by atoms with Crippen LogP contribution in [0.25, 0.3) is 0 Å². The molecule has 2 rings (SSSR count). The Morgan fingerprint density at radius 1 is 1.53 bits per heavy atom. The normalized spacial score (nSPS) is 19.4. The van der Waals surface area contributed by atoms with Crippen molar-refractivity contribution in [2.45, 2.75) is 12.5 Å². The van der Waals surface area contributed by atoms with Gasteiger partial charge < -0.3 is 20.1 Å².